The molecule has 0 aliphatic heterocycles. The molecular weight excluding hydrogens is 383 g/mol. The monoisotopic (exact) mass is 408 g/mol. The van der Waals surface area contributed by atoms with Crippen LogP contribution < -0.4 is 11.1 Å². The summed E-state index contributed by atoms with van der Waals surface area (Å²) in [5.74, 6) is -1.63. The fraction of sp³-hybridized carbons (Fsp3) is 0.333. The number of carbonyl (C=O) groups is 2. The van der Waals surface area contributed by atoms with Gasteiger partial charge in [0.15, 0.2) is 0 Å². The average Bonchev–Trinajstić information content (AvgIpc) is 2.67. The molecule has 0 spiro atoms. The molecule has 3 unspecified atom stereocenters. The van der Waals surface area contributed by atoms with Crippen molar-refractivity contribution < 1.29 is 18.7 Å². The maximum Gasteiger partial charge on any atom is 0.308 e. The molecule has 1 amide bonds. The first-order chi connectivity index (χ1) is 12.9. The van der Waals surface area contributed by atoms with Crippen LogP contribution in [0.4, 0.5) is 4.39 Å². The van der Waals surface area contributed by atoms with E-state index in [4.69, 9.17) is 10.5 Å². The summed E-state index contributed by atoms with van der Waals surface area (Å²) in [7, 11) is 0. The maximum atomic E-state index is 13.2. The Labute approximate surface area is 170 Å². The lowest BCUT2D eigenvalue weighted by atomic mass is 9.93. The molecule has 3 atom stereocenters. The van der Waals surface area contributed by atoms with Gasteiger partial charge in [0.05, 0.1) is 25.0 Å². The van der Waals surface area contributed by atoms with Gasteiger partial charge in [-0.1, -0.05) is 49.4 Å². The Morgan fingerprint density at radius 3 is 2.25 bits per heavy atom. The molecule has 0 fully saturated rings. The summed E-state index contributed by atoms with van der Waals surface area (Å²) in [6.07, 6.45) is -0.0431. The van der Waals surface area contributed by atoms with Crippen LogP contribution in [0.1, 0.15) is 43.5 Å². The van der Waals surface area contributed by atoms with Gasteiger partial charge in [-0.05, 0) is 30.2 Å². The number of esters is 1. The smallest absolute Gasteiger partial charge is 0.308 e. The van der Waals surface area contributed by atoms with Gasteiger partial charge in [0.2, 0.25) is 5.91 Å². The second-order valence-corrected chi connectivity index (χ2v) is 6.35. The van der Waals surface area contributed by atoms with E-state index in [1.165, 1.54) is 12.1 Å². The molecule has 2 rings (SSSR count). The lowest BCUT2D eigenvalue weighted by Crippen LogP contribution is -2.38. The first-order valence-electron chi connectivity index (χ1n) is 8.94. The van der Waals surface area contributed by atoms with Gasteiger partial charge < -0.3 is 15.8 Å². The van der Waals surface area contributed by atoms with Crippen LogP contribution in [0.3, 0.4) is 0 Å². The molecule has 5 nitrogen and oxygen atoms in total. The number of hydrogen-bond donors (Lipinski definition) is 2. The van der Waals surface area contributed by atoms with Crippen molar-refractivity contribution in [1.82, 2.24) is 5.32 Å². The first kappa shape index (κ1) is 23.6. The van der Waals surface area contributed by atoms with E-state index >= 15 is 0 Å². The van der Waals surface area contributed by atoms with Crippen LogP contribution in [0.2, 0.25) is 0 Å². The van der Waals surface area contributed by atoms with Gasteiger partial charge in [-0.3, -0.25) is 9.59 Å². The molecule has 7 heteroatoms. The van der Waals surface area contributed by atoms with Crippen molar-refractivity contribution in [2.75, 3.05) is 6.61 Å². The van der Waals surface area contributed by atoms with Crippen molar-refractivity contribution in [3.05, 3.63) is 71.5 Å². The predicted octanol–water partition coefficient (Wildman–Crippen LogP) is 3.69. The number of nitrogens with one attached hydrogen (secondary N) is 1. The lowest BCUT2D eigenvalue weighted by molar-refractivity contribution is -0.143. The standard InChI is InChI=1S/C21H25FN2O3.ClH/c1-3-27-19(25)13-18(15-9-11-17(22)12-10-15)24-21(26)14(2)20(23)16-7-5-4-6-8-16;/h4-12,14,18,20H,3,13,23H2,1-2H3,(H,24,26);1H. The number of amides is 1. The third-order valence-corrected chi connectivity index (χ3v) is 4.40. The fourth-order valence-corrected chi connectivity index (χ4v) is 2.76. The molecule has 152 valence electrons. The summed E-state index contributed by atoms with van der Waals surface area (Å²) in [5, 5.41) is 2.85. The summed E-state index contributed by atoms with van der Waals surface area (Å²) in [6, 6.07) is 13.9. The van der Waals surface area contributed by atoms with Crippen LogP contribution >= 0.6 is 12.4 Å². The quantitative estimate of drug-likeness (QED) is 0.652. The fourth-order valence-electron chi connectivity index (χ4n) is 2.76. The highest BCUT2D eigenvalue weighted by atomic mass is 35.5. The Morgan fingerprint density at radius 2 is 1.68 bits per heavy atom. The normalized spacial score (nSPS) is 13.6. The van der Waals surface area contributed by atoms with Crippen molar-refractivity contribution in [2.24, 2.45) is 11.7 Å². The molecule has 0 aliphatic rings. The van der Waals surface area contributed by atoms with Crippen LogP contribution in [0, 0.1) is 11.7 Å². The molecule has 0 aliphatic carbocycles. The number of nitrogens with two attached hydrogens (primary N) is 1. The van der Waals surface area contributed by atoms with E-state index in [9.17, 15) is 14.0 Å². The Balaban J connectivity index is 0.00000392. The van der Waals surface area contributed by atoms with Crippen LogP contribution in [0.15, 0.2) is 54.6 Å². The Morgan fingerprint density at radius 1 is 1.07 bits per heavy atom. The number of ether oxygens (including phenoxy) is 1. The van der Waals surface area contributed by atoms with Crippen molar-refractivity contribution in [3.8, 4) is 0 Å². The predicted molar refractivity (Wildman–Crippen MR) is 108 cm³/mol. The van der Waals surface area contributed by atoms with Gasteiger partial charge in [0, 0.05) is 6.04 Å². The van der Waals surface area contributed by atoms with Gasteiger partial charge in [0.25, 0.3) is 0 Å². The minimum absolute atomic E-state index is 0. The van der Waals surface area contributed by atoms with E-state index in [-0.39, 0.29) is 37.2 Å². The molecule has 28 heavy (non-hydrogen) atoms. The van der Waals surface area contributed by atoms with Crippen molar-refractivity contribution in [1.29, 1.82) is 0 Å². The highest BCUT2D eigenvalue weighted by Gasteiger charge is 2.26. The largest absolute Gasteiger partial charge is 0.466 e. The topological polar surface area (TPSA) is 81.4 Å². The molecule has 0 heterocycles. The minimum Gasteiger partial charge on any atom is -0.466 e. The summed E-state index contributed by atoms with van der Waals surface area (Å²) in [4.78, 5) is 24.7. The third-order valence-electron chi connectivity index (χ3n) is 4.40. The van der Waals surface area contributed by atoms with Crippen molar-refractivity contribution >= 4 is 24.3 Å². The molecule has 3 N–H and O–H groups in total. The van der Waals surface area contributed by atoms with Crippen LogP contribution in [-0.4, -0.2) is 18.5 Å². The zero-order valence-electron chi connectivity index (χ0n) is 15.9. The highest BCUT2D eigenvalue weighted by Crippen LogP contribution is 2.23. The van der Waals surface area contributed by atoms with Crippen molar-refractivity contribution in [3.63, 3.8) is 0 Å². The van der Waals surface area contributed by atoms with Crippen LogP contribution in [-0.2, 0) is 14.3 Å². The van der Waals surface area contributed by atoms with E-state index in [1.807, 2.05) is 30.3 Å². The van der Waals surface area contributed by atoms with E-state index in [0.29, 0.717) is 5.56 Å². The van der Waals surface area contributed by atoms with Gasteiger partial charge in [-0.25, -0.2) is 4.39 Å². The summed E-state index contributed by atoms with van der Waals surface area (Å²) in [6.45, 7) is 3.70. The van der Waals surface area contributed by atoms with Gasteiger partial charge >= 0.3 is 5.97 Å². The SMILES string of the molecule is CCOC(=O)CC(NC(=O)C(C)C(N)c1ccccc1)c1ccc(F)cc1.Cl. The number of rotatable bonds is 8. The van der Waals surface area contributed by atoms with Gasteiger partial charge in [-0.2, -0.15) is 0 Å². The Hall–Kier alpha value is -2.44. The molecule has 0 bridgehead atoms. The molecule has 0 saturated carbocycles. The van der Waals surface area contributed by atoms with Gasteiger partial charge in [-0.15, -0.1) is 12.4 Å². The summed E-state index contributed by atoms with van der Waals surface area (Å²) in [5.41, 5.74) is 7.69. The molecular formula is C21H26ClFN2O3. The van der Waals surface area contributed by atoms with Crippen LogP contribution in [0.5, 0.6) is 0 Å². The zero-order chi connectivity index (χ0) is 19.8. The van der Waals surface area contributed by atoms with Gasteiger partial charge in [0.1, 0.15) is 5.82 Å². The zero-order valence-corrected chi connectivity index (χ0v) is 16.7. The molecule has 0 aromatic heterocycles. The average molecular weight is 409 g/mol. The van der Waals surface area contributed by atoms with Crippen molar-refractivity contribution in [2.45, 2.75) is 32.4 Å². The second kappa shape index (κ2) is 11.4. The van der Waals surface area contributed by atoms with E-state index in [1.54, 1.807) is 26.0 Å². The number of carbonyl (C=O) groups excluding carboxylic acids is 2. The lowest BCUT2D eigenvalue weighted by Gasteiger charge is -2.24. The number of benzene rings is 2. The van der Waals surface area contributed by atoms with E-state index in [0.717, 1.165) is 5.56 Å². The number of halogens is 2. The molecule has 0 saturated heterocycles. The molecule has 2 aromatic rings. The first-order valence-corrected chi connectivity index (χ1v) is 8.94. The third kappa shape index (κ3) is 6.62. The highest BCUT2D eigenvalue weighted by molar-refractivity contribution is 5.85. The summed E-state index contributed by atoms with van der Waals surface area (Å²) >= 11 is 0. The maximum absolute atomic E-state index is 13.2. The minimum atomic E-state index is -0.623. The molecule has 0 radical (unpaired) electrons. The van der Waals surface area contributed by atoms with E-state index in [2.05, 4.69) is 5.32 Å². The summed E-state index contributed by atoms with van der Waals surface area (Å²) < 4.78 is 18.2. The molecule has 2 aromatic carbocycles. The van der Waals surface area contributed by atoms with E-state index < -0.39 is 24.0 Å². The van der Waals surface area contributed by atoms with Crippen LogP contribution in [0.25, 0.3) is 0 Å². The Bertz CT molecular complexity index is 756. The Kier molecular flexibility index (Phi) is 9.62. The second-order valence-electron chi connectivity index (χ2n) is 6.35. The number of hydrogen-bond acceptors (Lipinski definition) is 4.